The molecule has 1 aliphatic rings. The summed E-state index contributed by atoms with van der Waals surface area (Å²) in [6.45, 7) is 3.16. The second kappa shape index (κ2) is 4.72. The van der Waals surface area contributed by atoms with Crippen molar-refractivity contribution in [3.05, 3.63) is 11.8 Å². The molecular formula is C10H14N2O3. The smallest absolute Gasteiger partial charge is 0.303 e. The van der Waals surface area contributed by atoms with Crippen molar-refractivity contribution in [2.24, 2.45) is 0 Å². The van der Waals surface area contributed by atoms with Crippen LogP contribution in [0.1, 0.15) is 26.7 Å². The van der Waals surface area contributed by atoms with E-state index in [0.717, 1.165) is 17.7 Å². The number of hydrogen-bond donors (Lipinski definition) is 1. The maximum absolute atomic E-state index is 11.6. The summed E-state index contributed by atoms with van der Waals surface area (Å²) in [7, 11) is 0. The van der Waals surface area contributed by atoms with E-state index in [4.69, 9.17) is 0 Å². The summed E-state index contributed by atoms with van der Waals surface area (Å²) >= 11 is 0. The average molecular weight is 210 g/mol. The Hall–Kier alpha value is -1.65. The van der Waals surface area contributed by atoms with Crippen LogP contribution in [0, 0.1) is 0 Å². The molecule has 1 rings (SSSR count). The first-order chi connectivity index (χ1) is 7.06. The lowest BCUT2D eigenvalue weighted by molar-refractivity contribution is -0.127. The third kappa shape index (κ3) is 2.65. The average Bonchev–Trinajstić information content (AvgIpc) is 2.42. The van der Waals surface area contributed by atoms with E-state index in [1.54, 1.807) is 6.08 Å². The molecule has 0 atom stereocenters. The summed E-state index contributed by atoms with van der Waals surface area (Å²) in [6.07, 6.45) is 3.31. The van der Waals surface area contributed by atoms with Gasteiger partial charge in [-0.1, -0.05) is 19.4 Å². The minimum absolute atomic E-state index is 0.159. The van der Waals surface area contributed by atoms with Gasteiger partial charge in [-0.2, -0.15) is 0 Å². The van der Waals surface area contributed by atoms with Gasteiger partial charge in [0.25, 0.3) is 5.91 Å². The second-order valence-corrected chi connectivity index (χ2v) is 3.43. The largest absolute Gasteiger partial charge is 0.329 e. The Morgan fingerprint density at radius 3 is 2.67 bits per heavy atom. The fourth-order valence-electron chi connectivity index (χ4n) is 1.27. The van der Waals surface area contributed by atoms with Crippen molar-refractivity contribution in [2.75, 3.05) is 6.54 Å². The zero-order valence-corrected chi connectivity index (χ0v) is 8.87. The van der Waals surface area contributed by atoms with Crippen LogP contribution in [-0.2, 0) is 9.59 Å². The molecule has 0 aromatic heterocycles. The Kier molecular flexibility index (Phi) is 3.60. The molecule has 0 aromatic rings. The van der Waals surface area contributed by atoms with Gasteiger partial charge in [0, 0.05) is 0 Å². The fourth-order valence-corrected chi connectivity index (χ4v) is 1.27. The number of ketones is 1. The molecule has 0 aliphatic carbocycles. The molecule has 15 heavy (non-hydrogen) atoms. The number of carbonyl (C=O) groups excluding carboxylic acids is 3. The van der Waals surface area contributed by atoms with Crippen molar-refractivity contribution < 1.29 is 14.4 Å². The molecule has 82 valence electrons. The molecule has 1 N–H and O–H groups in total. The summed E-state index contributed by atoms with van der Waals surface area (Å²) in [6, 6.07) is -0.516. The van der Waals surface area contributed by atoms with E-state index in [2.05, 4.69) is 5.32 Å². The van der Waals surface area contributed by atoms with Gasteiger partial charge in [-0.25, -0.2) is 4.79 Å². The number of amides is 3. The van der Waals surface area contributed by atoms with Crippen molar-refractivity contribution in [3.8, 4) is 0 Å². The van der Waals surface area contributed by atoms with Gasteiger partial charge >= 0.3 is 6.03 Å². The number of nitrogens with one attached hydrogen (secondary N) is 1. The molecule has 5 nitrogen and oxygen atoms in total. The lowest BCUT2D eigenvalue weighted by Crippen LogP contribution is -2.34. The lowest BCUT2D eigenvalue weighted by atomic mass is 10.2. The van der Waals surface area contributed by atoms with Gasteiger partial charge in [0.05, 0.1) is 6.54 Å². The molecule has 1 saturated heterocycles. The van der Waals surface area contributed by atoms with E-state index in [0.29, 0.717) is 0 Å². The summed E-state index contributed by atoms with van der Waals surface area (Å²) in [5, 5.41) is 2.44. The van der Waals surface area contributed by atoms with E-state index >= 15 is 0 Å². The van der Waals surface area contributed by atoms with E-state index in [-0.39, 0.29) is 18.0 Å². The molecule has 0 unspecified atom stereocenters. The number of nitrogens with zero attached hydrogens (tertiary/aromatic N) is 1. The van der Waals surface area contributed by atoms with Gasteiger partial charge in [0.15, 0.2) is 0 Å². The Morgan fingerprint density at radius 1 is 1.47 bits per heavy atom. The van der Waals surface area contributed by atoms with Crippen LogP contribution in [-0.4, -0.2) is 29.2 Å². The standard InChI is InChI=1S/C10H14N2O3/c1-3-4-5-8-9(14)12(6-7(2)13)10(15)11-8/h5H,3-4,6H2,1-2H3,(H,11,15)/b8-5-. The van der Waals surface area contributed by atoms with Crippen molar-refractivity contribution in [3.63, 3.8) is 0 Å². The first-order valence-electron chi connectivity index (χ1n) is 4.88. The first kappa shape index (κ1) is 11.4. The van der Waals surface area contributed by atoms with E-state index in [9.17, 15) is 14.4 Å². The Balaban J connectivity index is 2.74. The van der Waals surface area contributed by atoms with Crippen molar-refractivity contribution in [2.45, 2.75) is 26.7 Å². The molecule has 1 fully saturated rings. The Morgan fingerprint density at radius 2 is 2.13 bits per heavy atom. The first-order valence-corrected chi connectivity index (χ1v) is 4.88. The predicted octanol–water partition coefficient (Wildman–Crippen LogP) is 0.811. The van der Waals surface area contributed by atoms with E-state index < -0.39 is 11.9 Å². The monoisotopic (exact) mass is 210 g/mol. The van der Waals surface area contributed by atoms with Crippen molar-refractivity contribution >= 4 is 17.7 Å². The van der Waals surface area contributed by atoms with Crippen LogP contribution in [0.2, 0.25) is 0 Å². The molecule has 1 heterocycles. The minimum atomic E-state index is -0.516. The number of Topliss-reactive ketones (excluding diaryl/α,β-unsaturated/α-hetero) is 1. The SMILES string of the molecule is CCC/C=C1\NC(=O)N(CC(C)=O)C1=O. The number of unbranched alkanes of at least 4 members (excludes halogenated alkanes) is 1. The number of allylic oxidation sites excluding steroid dienone is 1. The van der Waals surface area contributed by atoms with Crippen LogP contribution >= 0.6 is 0 Å². The van der Waals surface area contributed by atoms with Gasteiger partial charge in [0.2, 0.25) is 0 Å². The quantitative estimate of drug-likeness (QED) is 0.551. The van der Waals surface area contributed by atoms with Crippen LogP contribution in [0.5, 0.6) is 0 Å². The van der Waals surface area contributed by atoms with Crippen LogP contribution in [0.15, 0.2) is 11.8 Å². The summed E-state index contributed by atoms with van der Waals surface area (Å²) < 4.78 is 0. The van der Waals surface area contributed by atoms with Gasteiger partial charge in [-0.05, 0) is 13.3 Å². The lowest BCUT2D eigenvalue weighted by Gasteiger charge is -2.07. The number of imide groups is 1. The minimum Gasteiger partial charge on any atom is -0.303 e. The molecule has 5 heteroatoms. The van der Waals surface area contributed by atoms with Crippen LogP contribution in [0.3, 0.4) is 0 Å². The normalized spacial score (nSPS) is 18.5. The van der Waals surface area contributed by atoms with Crippen LogP contribution < -0.4 is 5.32 Å². The number of hydrogen-bond acceptors (Lipinski definition) is 3. The van der Waals surface area contributed by atoms with Gasteiger partial charge in [0.1, 0.15) is 11.5 Å². The van der Waals surface area contributed by atoms with Gasteiger partial charge < -0.3 is 5.32 Å². The van der Waals surface area contributed by atoms with Crippen LogP contribution in [0.25, 0.3) is 0 Å². The Bertz CT molecular complexity index is 334. The Labute approximate surface area is 88.1 Å². The highest BCUT2D eigenvalue weighted by Crippen LogP contribution is 2.10. The molecule has 0 saturated carbocycles. The summed E-state index contributed by atoms with van der Waals surface area (Å²) in [4.78, 5) is 34.6. The van der Waals surface area contributed by atoms with Gasteiger partial charge in [-0.3, -0.25) is 14.5 Å². The summed E-state index contributed by atoms with van der Waals surface area (Å²) in [5.41, 5.74) is 0.281. The van der Waals surface area contributed by atoms with E-state index in [1.807, 2.05) is 6.92 Å². The third-order valence-corrected chi connectivity index (χ3v) is 1.98. The third-order valence-electron chi connectivity index (χ3n) is 1.98. The van der Waals surface area contributed by atoms with Gasteiger partial charge in [-0.15, -0.1) is 0 Å². The second-order valence-electron chi connectivity index (χ2n) is 3.43. The molecule has 0 bridgehead atoms. The highest BCUT2D eigenvalue weighted by molar-refractivity contribution is 6.13. The predicted molar refractivity (Wildman–Crippen MR) is 53.9 cm³/mol. The number of rotatable bonds is 4. The zero-order valence-electron chi connectivity index (χ0n) is 8.87. The molecule has 0 spiro atoms. The highest BCUT2D eigenvalue weighted by Gasteiger charge is 2.33. The van der Waals surface area contributed by atoms with Crippen molar-refractivity contribution in [1.29, 1.82) is 0 Å². The maximum atomic E-state index is 11.6. The van der Waals surface area contributed by atoms with Crippen LogP contribution in [0.4, 0.5) is 4.79 Å². The zero-order chi connectivity index (χ0) is 11.4. The number of urea groups is 1. The van der Waals surface area contributed by atoms with E-state index in [1.165, 1.54) is 6.92 Å². The topological polar surface area (TPSA) is 66.5 Å². The fraction of sp³-hybridized carbons (Fsp3) is 0.500. The molecular weight excluding hydrogens is 196 g/mol. The molecule has 0 aromatic carbocycles. The summed E-state index contributed by atoms with van der Waals surface area (Å²) in [5.74, 6) is -0.626. The molecule has 0 radical (unpaired) electrons. The maximum Gasteiger partial charge on any atom is 0.329 e. The van der Waals surface area contributed by atoms with Crippen molar-refractivity contribution in [1.82, 2.24) is 10.2 Å². The molecule has 1 aliphatic heterocycles. The number of carbonyl (C=O) groups is 3. The molecule has 3 amide bonds. The highest BCUT2D eigenvalue weighted by atomic mass is 16.2.